The normalized spacial score (nSPS) is 5.00. The van der Waals surface area contributed by atoms with Crippen LogP contribution in [-0.2, 0) is 0 Å². The molecule has 0 unspecified atom stereocenters. The van der Waals surface area contributed by atoms with Gasteiger partial charge in [-0.3, -0.25) is 0 Å². The third-order valence-corrected chi connectivity index (χ3v) is 0. The summed E-state index contributed by atoms with van der Waals surface area (Å²) in [5, 5.41) is 15.4. The Morgan fingerprint density at radius 1 is 1.83 bits per heavy atom. The molecule has 6 heavy (non-hydrogen) atoms. The van der Waals surface area contributed by atoms with Gasteiger partial charge in [-0.15, -0.1) is 0 Å². The van der Waals surface area contributed by atoms with E-state index >= 15 is 0 Å². The zero-order valence-corrected chi connectivity index (χ0v) is 3.05. The van der Waals surface area contributed by atoms with Gasteiger partial charge in [0.1, 0.15) is 6.09 Å². The second kappa shape index (κ2) is 8.89. The summed E-state index contributed by atoms with van der Waals surface area (Å²) in [6.07, 6.45) is -1.58. The number of carbonyl (C=O) groups is 1. The Bertz CT molecular complexity index is 31.8. The van der Waals surface area contributed by atoms with Crippen molar-refractivity contribution >= 4 is 6.09 Å². The summed E-state index contributed by atoms with van der Waals surface area (Å²) < 4.78 is 0. The van der Waals surface area contributed by atoms with Crippen LogP contribution in [0.4, 0.5) is 4.79 Å². The molecule has 38 valence electrons. The van der Waals surface area contributed by atoms with Gasteiger partial charge in [0.25, 0.3) is 0 Å². The Labute approximate surface area is 34.1 Å². The van der Waals surface area contributed by atoms with E-state index in [-0.39, 0.29) is 0 Å². The molecule has 0 saturated carbocycles. The maximum Gasteiger partial charge on any atom is 0.131 e. The van der Waals surface area contributed by atoms with Gasteiger partial charge in [0, 0.05) is 0 Å². The second-order valence-corrected chi connectivity index (χ2v) is 0.319. The Kier molecular flexibility index (Phi) is 13.3. The standard InChI is InChI=1S/CH3NO2.H4NO/c2-1(3)4;1-2/h2H2,(H,3,4);2H,1H3/q;+1/p-1. The van der Waals surface area contributed by atoms with Crippen LogP contribution in [0.1, 0.15) is 0 Å². The Hall–Kier alpha value is -0.810. The molecule has 0 saturated heterocycles. The quantitative estimate of drug-likeness (QED) is 0.276. The fraction of sp³-hybridized carbons (Fsp3) is 0. The highest BCUT2D eigenvalue weighted by Crippen LogP contribution is 1.23. The lowest BCUT2D eigenvalue weighted by atomic mass is 11.3. The number of nitrogens with two attached hydrogens (primary N) is 1. The summed E-state index contributed by atoms with van der Waals surface area (Å²) in [6.45, 7) is 0. The number of amides is 1. The average molecular weight is 94.1 g/mol. The zero-order chi connectivity index (χ0) is 5.58. The van der Waals surface area contributed by atoms with E-state index in [2.05, 4.69) is 11.6 Å². The van der Waals surface area contributed by atoms with Crippen LogP contribution in [0.3, 0.4) is 0 Å². The molecule has 0 rings (SSSR count). The zero-order valence-electron chi connectivity index (χ0n) is 3.05. The largest absolute Gasteiger partial charge is 0.530 e. The number of hydrogen-bond acceptors (Lipinski definition) is 3. The van der Waals surface area contributed by atoms with Gasteiger partial charge >= 0.3 is 0 Å². The maximum absolute atomic E-state index is 8.67. The van der Waals surface area contributed by atoms with Gasteiger partial charge in [0.15, 0.2) is 0 Å². The van der Waals surface area contributed by atoms with E-state index in [4.69, 9.17) is 15.1 Å². The molecule has 0 radical (unpaired) electrons. The van der Waals surface area contributed by atoms with Crippen molar-refractivity contribution in [3.05, 3.63) is 0 Å². The molecule has 0 aromatic carbocycles. The summed E-state index contributed by atoms with van der Waals surface area (Å²) >= 11 is 0. The van der Waals surface area contributed by atoms with Crippen LogP contribution in [-0.4, -0.2) is 11.3 Å². The molecule has 1 amide bonds. The molecule has 0 bridgehead atoms. The minimum Gasteiger partial charge on any atom is -0.530 e. The molecule has 0 spiro atoms. The van der Waals surface area contributed by atoms with Crippen molar-refractivity contribution in [3.63, 3.8) is 0 Å². The van der Waals surface area contributed by atoms with Gasteiger partial charge in [0.2, 0.25) is 0 Å². The van der Waals surface area contributed by atoms with Gasteiger partial charge in [-0.2, -0.15) is 0 Å². The van der Waals surface area contributed by atoms with E-state index in [1.807, 2.05) is 0 Å². The first-order valence-corrected chi connectivity index (χ1v) is 1.01. The van der Waals surface area contributed by atoms with Crippen molar-refractivity contribution in [1.82, 2.24) is 0 Å². The molecule has 0 aliphatic rings. The van der Waals surface area contributed by atoms with Crippen LogP contribution in [0.15, 0.2) is 0 Å². The van der Waals surface area contributed by atoms with Crippen LogP contribution < -0.4 is 16.7 Å². The third-order valence-electron chi connectivity index (χ3n) is 0. The average Bonchev–Trinajstić information content (AvgIpc) is 1.41. The molecule has 0 aliphatic heterocycles. The van der Waals surface area contributed by atoms with Gasteiger partial charge < -0.3 is 15.6 Å². The highest BCUT2D eigenvalue weighted by molar-refractivity contribution is 5.58. The van der Waals surface area contributed by atoms with E-state index in [1.165, 1.54) is 0 Å². The first kappa shape index (κ1) is 8.95. The van der Waals surface area contributed by atoms with Crippen molar-refractivity contribution in [1.29, 1.82) is 0 Å². The SMILES string of the molecule is NC(=O)[O-].[NH3+]O. The van der Waals surface area contributed by atoms with E-state index in [0.717, 1.165) is 0 Å². The molecule has 5 heteroatoms. The summed E-state index contributed by atoms with van der Waals surface area (Å²) in [5.41, 5.74) is 3.92. The molecular weight excluding hydrogens is 88.0 g/mol. The first-order valence-electron chi connectivity index (χ1n) is 1.01. The highest BCUT2D eigenvalue weighted by atomic mass is 16.4. The van der Waals surface area contributed by atoms with Crippen molar-refractivity contribution in [3.8, 4) is 0 Å². The molecule has 0 heterocycles. The molecule has 0 aromatic rings. The number of quaternary nitrogens is 1. The van der Waals surface area contributed by atoms with E-state index in [0.29, 0.717) is 0 Å². The second-order valence-electron chi connectivity index (χ2n) is 0.319. The number of carbonyl (C=O) groups excluding carboxylic acids is 1. The predicted octanol–water partition coefficient (Wildman–Crippen LogP) is -3.09. The first-order chi connectivity index (χ1) is 2.73. The molecule has 0 aliphatic carbocycles. The number of rotatable bonds is 0. The lowest BCUT2D eigenvalue weighted by Gasteiger charge is -1.78. The van der Waals surface area contributed by atoms with Crippen molar-refractivity contribution in [2.45, 2.75) is 0 Å². The highest BCUT2D eigenvalue weighted by Gasteiger charge is 1.44. The van der Waals surface area contributed by atoms with E-state index in [9.17, 15) is 0 Å². The number of primary amides is 1. The molecule has 0 aromatic heterocycles. The minimum absolute atomic E-state index is 1.58. The molecule has 0 fully saturated rings. The number of hydrogen-bond donors (Lipinski definition) is 3. The summed E-state index contributed by atoms with van der Waals surface area (Å²) in [6, 6.07) is 0. The van der Waals surface area contributed by atoms with Crippen LogP contribution in [0.2, 0.25) is 0 Å². The van der Waals surface area contributed by atoms with Gasteiger partial charge in [0.05, 0.1) is 0 Å². The van der Waals surface area contributed by atoms with Crippen LogP contribution >= 0.6 is 0 Å². The fourth-order valence-corrected chi connectivity index (χ4v) is 0. The van der Waals surface area contributed by atoms with Crippen LogP contribution in [0, 0.1) is 0 Å². The Morgan fingerprint density at radius 2 is 1.83 bits per heavy atom. The van der Waals surface area contributed by atoms with Crippen molar-refractivity contribution in [2.24, 2.45) is 5.73 Å². The molecule has 5 nitrogen and oxygen atoms in total. The topological polar surface area (TPSA) is 114 Å². The lowest BCUT2D eigenvalue weighted by Crippen LogP contribution is -2.42. The van der Waals surface area contributed by atoms with Crippen molar-refractivity contribution in [2.75, 3.05) is 0 Å². The van der Waals surface area contributed by atoms with Gasteiger partial charge in [-0.1, -0.05) is 0 Å². The Morgan fingerprint density at radius 3 is 1.83 bits per heavy atom. The van der Waals surface area contributed by atoms with Gasteiger partial charge in [-0.05, 0) is 0 Å². The number of carboxylic acid groups (broad SMARTS) is 1. The summed E-state index contributed by atoms with van der Waals surface area (Å²) in [4.78, 5) is 8.67. The smallest absolute Gasteiger partial charge is 0.131 e. The monoisotopic (exact) mass is 94.0 g/mol. The predicted molar refractivity (Wildman–Crippen MR) is 14.3 cm³/mol. The molecular formula is CH6N2O3. The molecule has 6 N–H and O–H groups in total. The van der Waals surface area contributed by atoms with Gasteiger partial charge in [-0.25, -0.2) is 11.1 Å². The van der Waals surface area contributed by atoms with Crippen molar-refractivity contribution < 1.29 is 21.0 Å². The summed E-state index contributed by atoms with van der Waals surface area (Å²) in [5.74, 6) is 2.25. The van der Waals surface area contributed by atoms with E-state index < -0.39 is 6.09 Å². The molecule has 0 atom stereocenters. The van der Waals surface area contributed by atoms with E-state index in [1.54, 1.807) is 0 Å². The fourth-order valence-electron chi connectivity index (χ4n) is 0. The minimum atomic E-state index is -1.58. The van der Waals surface area contributed by atoms with Crippen LogP contribution in [0.25, 0.3) is 0 Å². The third kappa shape index (κ3) is 23.3. The summed E-state index contributed by atoms with van der Waals surface area (Å²) in [7, 11) is 0. The maximum atomic E-state index is 8.67. The van der Waals surface area contributed by atoms with Crippen LogP contribution in [0.5, 0.6) is 0 Å². The lowest BCUT2D eigenvalue weighted by molar-refractivity contribution is -0.670. The Balaban J connectivity index is 0.